The summed E-state index contributed by atoms with van der Waals surface area (Å²) in [6, 6.07) is 17.8. The molecule has 2 atom stereocenters. The van der Waals surface area contributed by atoms with Crippen LogP contribution in [-0.4, -0.2) is 57.9 Å². The Bertz CT molecular complexity index is 2620. The van der Waals surface area contributed by atoms with Crippen LogP contribution in [0.3, 0.4) is 0 Å². The third-order valence-corrected chi connectivity index (χ3v) is 14.2. The molecule has 7 rings (SSSR count). The maximum Gasteiger partial charge on any atom is 0.334 e. The number of terminal acetylenes is 1. The third-order valence-electron chi connectivity index (χ3n) is 14.2. The first-order valence-corrected chi connectivity index (χ1v) is 28.3. The van der Waals surface area contributed by atoms with Crippen LogP contribution in [0.15, 0.2) is 159 Å². The van der Waals surface area contributed by atoms with E-state index < -0.39 is 28.0 Å². The molecule has 11 heteroatoms. The van der Waals surface area contributed by atoms with Crippen LogP contribution < -0.4 is 4.74 Å². The minimum absolute atomic E-state index is 0.0652. The predicted octanol–water partition coefficient (Wildman–Crippen LogP) is 16.6. The monoisotopic (exact) mass is 1110 g/mol. The average Bonchev–Trinajstić information content (AvgIpc) is 4.29. The van der Waals surface area contributed by atoms with Gasteiger partial charge in [0.05, 0.1) is 0 Å². The summed E-state index contributed by atoms with van der Waals surface area (Å²) in [5.74, 6) is 1.92. The van der Waals surface area contributed by atoms with Crippen LogP contribution >= 0.6 is 0 Å². The van der Waals surface area contributed by atoms with E-state index in [1.807, 2.05) is 107 Å². The van der Waals surface area contributed by atoms with Gasteiger partial charge < -0.3 is 28.4 Å². The molecule has 0 spiro atoms. The smallest absolute Gasteiger partial charge is 0.334 e. The van der Waals surface area contributed by atoms with Gasteiger partial charge in [0, 0.05) is 27.9 Å². The first kappa shape index (κ1) is 69.9. The van der Waals surface area contributed by atoms with Crippen molar-refractivity contribution in [3.05, 3.63) is 170 Å². The van der Waals surface area contributed by atoms with Crippen LogP contribution in [0.1, 0.15) is 190 Å². The molecule has 11 nitrogen and oxygen atoms in total. The SMILES string of the molecule is C#CC1(OC(=O)C(=C)C)CCCC1.C=C(C)C(=O)OC(C)(C)c1ccccc1.C=C(C)C(=O)OC1(C)C=CCC1.C=C(C)C(=O)OC1(C)C=CCCC1.C=CC1(OC(=O)C(=C)C)CCCC1.C=Cc1ccc(OC2(C)CCCC2)cc1. The normalized spacial score (nSPS) is 20.0. The van der Waals surface area contributed by atoms with E-state index in [4.69, 9.17) is 34.8 Å². The average molecular weight is 1110 g/mol. The molecule has 2 aromatic carbocycles. The molecule has 0 aliphatic heterocycles. The Labute approximate surface area is 486 Å². The topological polar surface area (TPSA) is 141 Å². The highest BCUT2D eigenvalue weighted by Crippen LogP contribution is 2.36. The zero-order valence-corrected chi connectivity index (χ0v) is 50.7. The molecule has 3 fully saturated rings. The second-order valence-electron chi connectivity index (χ2n) is 22.9. The molecule has 0 N–H and O–H groups in total. The maximum absolute atomic E-state index is 11.4. The molecule has 0 saturated heterocycles. The van der Waals surface area contributed by atoms with Crippen molar-refractivity contribution in [3.63, 3.8) is 0 Å². The molecular weight excluding hydrogens is 1020 g/mol. The summed E-state index contributed by atoms with van der Waals surface area (Å²) in [6.07, 6.45) is 34.5. The number of carbonyl (C=O) groups is 5. The molecule has 81 heavy (non-hydrogen) atoms. The second-order valence-corrected chi connectivity index (χ2v) is 22.9. The summed E-state index contributed by atoms with van der Waals surface area (Å²) in [7, 11) is 0. The van der Waals surface area contributed by atoms with Crippen LogP contribution in [-0.2, 0) is 53.3 Å². The van der Waals surface area contributed by atoms with Gasteiger partial charge in [-0.1, -0.05) is 113 Å². The zero-order valence-electron chi connectivity index (χ0n) is 50.7. The lowest BCUT2D eigenvalue weighted by molar-refractivity contribution is -0.153. The molecule has 0 heterocycles. The molecular formula is C70H94O11. The first-order valence-electron chi connectivity index (χ1n) is 28.3. The van der Waals surface area contributed by atoms with Crippen molar-refractivity contribution in [3.8, 4) is 18.1 Å². The number of hydrogen-bond donors (Lipinski definition) is 0. The minimum Gasteiger partial charge on any atom is -0.488 e. The molecule has 440 valence electrons. The van der Waals surface area contributed by atoms with Crippen molar-refractivity contribution in [2.75, 3.05) is 0 Å². The Balaban J connectivity index is 0.000000333. The van der Waals surface area contributed by atoms with Crippen molar-refractivity contribution in [2.24, 2.45) is 0 Å². The highest BCUT2D eigenvalue weighted by molar-refractivity contribution is 5.89. The number of benzene rings is 2. The molecule has 3 saturated carbocycles. The van der Waals surface area contributed by atoms with Crippen LogP contribution in [0.2, 0.25) is 0 Å². The van der Waals surface area contributed by atoms with Crippen LogP contribution in [0.4, 0.5) is 0 Å². The Morgan fingerprint density at radius 2 is 0.963 bits per heavy atom. The Morgan fingerprint density at radius 1 is 0.531 bits per heavy atom. The van der Waals surface area contributed by atoms with Gasteiger partial charge in [-0.05, 0) is 220 Å². The van der Waals surface area contributed by atoms with E-state index in [1.165, 1.54) is 25.7 Å². The first-order chi connectivity index (χ1) is 37.9. The third kappa shape index (κ3) is 25.0. The highest BCUT2D eigenvalue weighted by Gasteiger charge is 2.37. The maximum atomic E-state index is 11.4. The summed E-state index contributed by atoms with van der Waals surface area (Å²) in [5, 5.41) is 0. The Hall–Kier alpha value is -7.19. The van der Waals surface area contributed by atoms with Gasteiger partial charge in [-0.3, -0.25) is 0 Å². The van der Waals surface area contributed by atoms with Crippen molar-refractivity contribution in [1.29, 1.82) is 0 Å². The van der Waals surface area contributed by atoms with Gasteiger partial charge in [0.25, 0.3) is 0 Å². The summed E-state index contributed by atoms with van der Waals surface area (Å²) < 4.78 is 32.5. The van der Waals surface area contributed by atoms with Crippen molar-refractivity contribution < 1.29 is 52.4 Å². The van der Waals surface area contributed by atoms with E-state index in [2.05, 4.69) is 65.0 Å². The molecule has 0 radical (unpaired) electrons. The number of ether oxygens (including phenoxy) is 6. The number of allylic oxidation sites excluding steroid dienone is 2. The number of hydrogen-bond acceptors (Lipinski definition) is 11. The molecule has 0 bridgehead atoms. The fraction of sp³-hybridized carbons (Fsp3) is 0.471. The van der Waals surface area contributed by atoms with Crippen LogP contribution in [0, 0.1) is 12.3 Å². The lowest BCUT2D eigenvalue weighted by atomic mass is 9.93. The molecule has 5 aliphatic rings. The quantitative estimate of drug-likeness (QED) is 0.0553. The second kappa shape index (κ2) is 32.9. The number of rotatable bonds is 15. The van der Waals surface area contributed by atoms with Gasteiger partial charge in [-0.15, -0.1) is 6.42 Å². The van der Waals surface area contributed by atoms with Crippen molar-refractivity contribution in [2.45, 2.75) is 212 Å². The largest absolute Gasteiger partial charge is 0.488 e. The van der Waals surface area contributed by atoms with E-state index in [0.717, 1.165) is 100 Å². The standard InChI is InChI=1S/C14H18O.C13H16O2.2C11H16O2.C11H14O2.C10H14O2/c1-3-12-6-8-13(9-7-12)15-14(2)10-4-5-11-14;1-10(2)12(14)15-13(3,4)11-8-6-5-7-9-11;1-9(2)10(12)13-11(3)7-5-4-6-8-11;2*1-4-11(7-5-6-8-11)13-10(12)9(2)3;1-8(2)9(11)12-10(3)6-4-5-7-10/h3,6-9H,1,4-5,10-11H2,2H3;5-9H,1H2,2-4H3;5,7H,1,4,6,8H2,2-3H3;4H,1-2,5-8H2,3H3;1H,2,5-8H2,3H3;4,6H,1,5,7H2,2-3H3. The molecule has 0 aromatic heterocycles. The fourth-order valence-electron chi connectivity index (χ4n) is 9.02. The number of carbonyl (C=O) groups excluding carboxylic acids is 5. The summed E-state index contributed by atoms with van der Waals surface area (Å²) >= 11 is 0. The van der Waals surface area contributed by atoms with Crippen molar-refractivity contribution in [1.82, 2.24) is 0 Å². The van der Waals surface area contributed by atoms with Gasteiger partial charge in [-0.2, -0.15) is 0 Å². The molecule has 0 amide bonds. The van der Waals surface area contributed by atoms with Gasteiger partial charge in [0.1, 0.15) is 33.8 Å². The van der Waals surface area contributed by atoms with Gasteiger partial charge in [0.2, 0.25) is 0 Å². The van der Waals surface area contributed by atoms with E-state index >= 15 is 0 Å². The van der Waals surface area contributed by atoms with E-state index in [-0.39, 0.29) is 35.4 Å². The zero-order chi connectivity index (χ0) is 61.1. The van der Waals surface area contributed by atoms with E-state index in [1.54, 1.807) is 40.7 Å². The summed E-state index contributed by atoms with van der Waals surface area (Å²) in [6.45, 7) is 43.2. The molecule has 5 aliphatic carbocycles. The fourth-order valence-corrected chi connectivity index (χ4v) is 9.02. The predicted molar refractivity (Wildman–Crippen MR) is 328 cm³/mol. The van der Waals surface area contributed by atoms with Crippen LogP contribution in [0.5, 0.6) is 5.75 Å². The van der Waals surface area contributed by atoms with Gasteiger partial charge in [-0.25, -0.2) is 24.0 Å². The Morgan fingerprint density at radius 3 is 1.38 bits per heavy atom. The lowest BCUT2D eigenvalue weighted by Gasteiger charge is -2.28. The van der Waals surface area contributed by atoms with Crippen molar-refractivity contribution >= 4 is 35.9 Å². The summed E-state index contributed by atoms with van der Waals surface area (Å²) in [4.78, 5) is 56.4. The van der Waals surface area contributed by atoms with Crippen LogP contribution in [0.25, 0.3) is 6.08 Å². The van der Waals surface area contributed by atoms with Gasteiger partial charge in [0.15, 0.2) is 5.60 Å². The van der Waals surface area contributed by atoms with E-state index in [0.29, 0.717) is 27.9 Å². The summed E-state index contributed by atoms with van der Waals surface area (Å²) in [5.41, 5.74) is 1.90. The van der Waals surface area contributed by atoms with Gasteiger partial charge >= 0.3 is 29.8 Å². The molecule has 2 aromatic rings. The van der Waals surface area contributed by atoms with E-state index in [9.17, 15) is 24.0 Å². The number of esters is 5. The Kier molecular flexibility index (Phi) is 28.4. The minimum atomic E-state index is -0.643. The molecule has 2 unspecified atom stereocenters. The lowest BCUT2D eigenvalue weighted by Crippen LogP contribution is -2.31. The highest BCUT2D eigenvalue weighted by atomic mass is 16.6.